The first-order valence-electron chi connectivity index (χ1n) is 5.26. The van der Waals surface area contributed by atoms with E-state index in [0.717, 1.165) is 25.9 Å². The van der Waals surface area contributed by atoms with Gasteiger partial charge in [-0.3, -0.25) is 0 Å². The van der Waals surface area contributed by atoms with Gasteiger partial charge in [-0.2, -0.15) is 0 Å². The molecule has 1 aliphatic rings. The van der Waals surface area contributed by atoms with Gasteiger partial charge in [0.15, 0.2) is 5.75 Å². The lowest BCUT2D eigenvalue weighted by Crippen LogP contribution is -2.22. The average Bonchev–Trinajstić information content (AvgIpc) is 2.72. The van der Waals surface area contributed by atoms with Gasteiger partial charge in [-0.1, -0.05) is 17.7 Å². The number of rotatable bonds is 2. The van der Waals surface area contributed by atoms with E-state index in [-0.39, 0.29) is 10.8 Å². The van der Waals surface area contributed by atoms with E-state index in [2.05, 4.69) is 4.74 Å². The highest BCUT2D eigenvalue weighted by Crippen LogP contribution is 2.39. The molecule has 17 heavy (non-hydrogen) atoms. The van der Waals surface area contributed by atoms with Crippen LogP contribution in [-0.2, 0) is 0 Å². The molecule has 0 aromatic heterocycles. The van der Waals surface area contributed by atoms with E-state index in [4.69, 9.17) is 11.6 Å². The van der Waals surface area contributed by atoms with Gasteiger partial charge in [-0.15, -0.1) is 13.2 Å². The lowest BCUT2D eigenvalue weighted by Gasteiger charge is -2.22. The number of alkyl halides is 3. The van der Waals surface area contributed by atoms with E-state index in [0.29, 0.717) is 5.69 Å². The summed E-state index contributed by atoms with van der Waals surface area (Å²) in [7, 11) is 0. The van der Waals surface area contributed by atoms with Crippen molar-refractivity contribution in [1.29, 1.82) is 0 Å². The molecule has 1 aliphatic heterocycles. The zero-order valence-electron chi connectivity index (χ0n) is 8.93. The number of hydrogen-bond acceptors (Lipinski definition) is 2. The van der Waals surface area contributed by atoms with Crippen LogP contribution in [0.3, 0.4) is 0 Å². The lowest BCUT2D eigenvalue weighted by atomic mass is 10.2. The molecule has 1 aromatic carbocycles. The zero-order valence-corrected chi connectivity index (χ0v) is 9.68. The third kappa shape index (κ3) is 2.97. The highest BCUT2D eigenvalue weighted by Gasteiger charge is 2.34. The molecule has 94 valence electrons. The molecule has 2 rings (SSSR count). The predicted octanol–water partition coefficient (Wildman–Crippen LogP) is 3.84. The van der Waals surface area contributed by atoms with Gasteiger partial charge in [0.1, 0.15) is 0 Å². The van der Waals surface area contributed by atoms with Crippen molar-refractivity contribution in [2.24, 2.45) is 0 Å². The Morgan fingerprint density at radius 3 is 2.41 bits per heavy atom. The molecule has 0 bridgehead atoms. The average molecular weight is 266 g/mol. The van der Waals surface area contributed by atoms with Gasteiger partial charge in [0.05, 0.1) is 10.7 Å². The summed E-state index contributed by atoms with van der Waals surface area (Å²) >= 11 is 5.76. The lowest BCUT2D eigenvalue weighted by molar-refractivity contribution is -0.274. The van der Waals surface area contributed by atoms with Crippen LogP contribution in [0, 0.1) is 0 Å². The van der Waals surface area contributed by atoms with Gasteiger partial charge < -0.3 is 9.64 Å². The molecule has 0 amide bonds. The molecule has 0 radical (unpaired) electrons. The Hall–Kier alpha value is -1.10. The van der Waals surface area contributed by atoms with Crippen LogP contribution in [0.25, 0.3) is 0 Å². The van der Waals surface area contributed by atoms with Crippen LogP contribution in [0.5, 0.6) is 5.75 Å². The standard InChI is InChI=1S/C11H11ClF3NO/c12-8-4-3-5-9(16-6-1-2-7-16)10(8)17-11(13,14)15/h3-5H,1-2,6-7H2. The van der Waals surface area contributed by atoms with Gasteiger partial charge in [0, 0.05) is 13.1 Å². The summed E-state index contributed by atoms with van der Waals surface area (Å²) in [5.41, 5.74) is 0.410. The molecule has 0 spiro atoms. The van der Waals surface area contributed by atoms with Crippen LogP contribution in [0.2, 0.25) is 5.02 Å². The monoisotopic (exact) mass is 265 g/mol. The van der Waals surface area contributed by atoms with E-state index >= 15 is 0 Å². The summed E-state index contributed by atoms with van der Waals surface area (Å²) in [6.45, 7) is 1.46. The third-order valence-electron chi connectivity index (χ3n) is 2.61. The first-order valence-corrected chi connectivity index (χ1v) is 5.64. The first kappa shape index (κ1) is 12.4. The summed E-state index contributed by atoms with van der Waals surface area (Å²) in [5.74, 6) is -0.302. The van der Waals surface area contributed by atoms with E-state index in [1.807, 2.05) is 4.90 Å². The van der Waals surface area contributed by atoms with Crippen molar-refractivity contribution in [1.82, 2.24) is 0 Å². The van der Waals surface area contributed by atoms with E-state index in [1.54, 1.807) is 12.1 Å². The minimum Gasteiger partial charge on any atom is -0.402 e. The molecule has 1 fully saturated rings. The SMILES string of the molecule is FC(F)(F)Oc1c(Cl)cccc1N1CCCC1. The molecule has 1 aromatic rings. The summed E-state index contributed by atoms with van der Waals surface area (Å²) in [5, 5.41) is -0.0216. The van der Waals surface area contributed by atoms with Crippen molar-refractivity contribution in [3.8, 4) is 5.75 Å². The fourth-order valence-electron chi connectivity index (χ4n) is 1.92. The number of nitrogens with zero attached hydrogens (tertiary/aromatic N) is 1. The minimum absolute atomic E-state index is 0.0216. The van der Waals surface area contributed by atoms with Crippen LogP contribution in [0.4, 0.5) is 18.9 Å². The highest BCUT2D eigenvalue weighted by atomic mass is 35.5. The molecule has 1 heterocycles. The quantitative estimate of drug-likeness (QED) is 0.806. The Bertz CT molecular complexity index is 402. The predicted molar refractivity (Wildman–Crippen MR) is 59.6 cm³/mol. The Morgan fingerprint density at radius 2 is 1.82 bits per heavy atom. The molecule has 2 nitrogen and oxygen atoms in total. The normalized spacial score (nSPS) is 16.4. The maximum absolute atomic E-state index is 12.3. The number of para-hydroxylation sites is 1. The number of benzene rings is 1. The second-order valence-corrected chi connectivity index (χ2v) is 4.24. The number of halogens is 4. The Kier molecular flexibility index (Phi) is 3.38. The van der Waals surface area contributed by atoms with Crippen LogP contribution in [0.1, 0.15) is 12.8 Å². The Morgan fingerprint density at radius 1 is 1.18 bits per heavy atom. The second kappa shape index (κ2) is 4.64. The molecule has 6 heteroatoms. The van der Waals surface area contributed by atoms with Crippen molar-refractivity contribution < 1.29 is 17.9 Å². The molecular weight excluding hydrogens is 255 g/mol. The molecular formula is C11H11ClF3NO. The van der Waals surface area contributed by atoms with Gasteiger partial charge in [-0.05, 0) is 25.0 Å². The Labute approximate surface area is 102 Å². The van der Waals surface area contributed by atoms with Gasteiger partial charge in [0.25, 0.3) is 0 Å². The van der Waals surface area contributed by atoms with Gasteiger partial charge >= 0.3 is 6.36 Å². The Balaban J connectivity index is 2.33. The third-order valence-corrected chi connectivity index (χ3v) is 2.91. The summed E-state index contributed by atoms with van der Waals surface area (Å²) in [6.07, 6.45) is -2.78. The van der Waals surface area contributed by atoms with Gasteiger partial charge in [-0.25, -0.2) is 0 Å². The summed E-state index contributed by atoms with van der Waals surface area (Å²) in [4.78, 5) is 1.85. The highest BCUT2D eigenvalue weighted by molar-refractivity contribution is 6.32. The van der Waals surface area contributed by atoms with Gasteiger partial charge in [0.2, 0.25) is 0 Å². The van der Waals surface area contributed by atoms with Crippen LogP contribution in [0.15, 0.2) is 18.2 Å². The first-order chi connectivity index (χ1) is 7.97. The fraction of sp³-hybridized carbons (Fsp3) is 0.455. The number of hydrogen-bond donors (Lipinski definition) is 0. The topological polar surface area (TPSA) is 12.5 Å². The smallest absolute Gasteiger partial charge is 0.402 e. The van der Waals surface area contributed by atoms with Crippen molar-refractivity contribution in [2.75, 3.05) is 18.0 Å². The molecule has 0 atom stereocenters. The molecule has 0 aliphatic carbocycles. The summed E-state index contributed by atoms with van der Waals surface area (Å²) < 4.78 is 40.9. The maximum atomic E-state index is 12.3. The largest absolute Gasteiger partial charge is 0.573 e. The van der Waals surface area contributed by atoms with Crippen LogP contribution in [-0.4, -0.2) is 19.5 Å². The maximum Gasteiger partial charge on any atom is 0.573 e. The fourth-order valence-corrected chi connectivity index (χ4v) is 2.13. The minimum atomic E-state index is -4.72. The van der Waals surface area contributed by atoms with Crippen molar-refractivity contribution in [3.63, 3.8) is 0 Å². The van der Waals surface area contributed by atoms with Crippen LogP contribution >= 0.6 is 11.6 Å². The van der Waals surface area contributed by atoms with E-state index < -0.39 is 6.36 Å². The van der Waals surface area contributed by atoms with Crippen molar-refractivity contribution in [2.45, 2.75) is 19.2 Å². The zero-order chi connectivity index (χ0) is 12.5. The number of anilines is 1. The molecule has 1 saturated heterocycles. The van der Waals surface area contributed by atoms with Crippen LogP contribution < -0.4 is 9.64 Å². The molecule has 0 unspecified atom stereocenters. The van der Waals surface area contributed by atoms with E-state index in [1.165, 1.54) is 6.07 Å². The van der Waals surface area contributed by atoms with Crippen molar-refractivity contribution in [3.05, 3.63) is 23.2 Å². The molecule has 0 saturated carbocycles. The van der Waals surface area contributed by atoms with E-state index in [9.17, 15) is 13.2 Å². The summed E-state index contributed by atoms with van der Waals surface area (Å²) in [6, 6.07) is 4.61. The second-order valence-electron chi connectivity index (χ2n) is 3.83. The van der Waals surface area contributed by atoms with Crippen molar-refractivity contribution >= 4 is 17.3 Å². The number of ether oxygens (including phenoxy) is 1. The molecule has 0 N–H and O–H groups in total.